The molecular weight excluding hydrogens is 272 g/mol. The smallest absolute Gasteiger partial charge is 0.264 e. The van der Waals surface area contributed by atoms with E-state index in [1.165, 1.54) is 6.07 Å². The fourth-order valence-electron chi connectivity index (χ4n) is 2.36. The van der Waals surface area contributed by atoms with Crippen molar-refractivity contribution >= 4 is 5.69 Å². The van der Waals surface area contributed by atoms with Gasteiger partial charge < -0.3 is 9.64 Å². The van der Waals surface area contributed by atoms with Gasteiger partial charge in [0.1, 0.15) is 5.75 Å². The number of hydrogen-bond acceptors (Lipinski definition) is 2. The minimum absolute atomic E-state index is 0.0945. The van der Waals surface area contributed by atoms with E-state index in [4.69, 9.17) is 4.74 Å². The third kappa shape index (κ3) is 3.51. The highest BCUT2D eigenvalue weighted by atomic mass is 19.3. The maximum atomic E-state index is 13.3. The molecule has 21 heavy (non-hydrogen) atoms. The molecule has 4 heteroatoms. The zero-order valence-corrected chi connectivity index (χ0v) is 12.4. The van der Waals surface area contributed by atoms with Crippen LogP contribution >= 0.6 is 0 Å². The summed E-state index contributed by atoms with van der Waals surface area (Å²) in [6.07, 6.45) is -2.00. The fraction of sp³-hybridized carbons (Fsp3) is 0.294. The lowest BCUT2D eigenvalue weighted by Crippen LogP contribution is -2.13. The van der Waals surface area contributed by atoms with Gasteiger partial charge in [-0.15, -0.1) is 0 Å². The molecule has 112 valence electrons. The molecule has 0 aliphatic heterocycles. The Morgan fingerprint density at radius 2 is 1.71 bits per heavy atom. The molecule has 2 rings (SSSR count). The van der Waals surface area contributed by atoms with Crippen LogP contribution in [-0.4, -0.2) is 21.2 Å². The van der Waals surface area contributed by atoms with Gasteiger partial charge in [-0.3, -0.25) is 0 Å². The maximum Gasteiger partial charge on any atom is 0.264 e. The second-order valence-corrected chi connectivity index (χ2v) is 5.06. The highest BCUT2D eigenvalue weighted by molar-refractivity contribution is 5.58. The van der Waals surface area contributed by atoms with Gasteiger partial charge in [0.2, 0.25) is 0 Å². The molecule has 0 unspecified atom stereocenters. The molecule has 2 aromatic rings. The average Bonchev–Trinajstić information content (AvgIpc) is 2.47. The first-order valence-corrected chi connectivity index (χ1v) is 6.73. The number of ether oxygens (including phenoxy) is 1. The van der Waals surface area contributed by atoms with E-state index in [2.05, 4.69) is 0 Å². The SMILES string of the molecule is COc1ccc(Cc2c(C(F)F)cccc2N(C)C)cc1. The van der Waals surface area contributed by atoms with Crippen molar-refractivity contribution in [1.29, 1.82) is 0 Å². The lowest BCUT2D eigenvalue weighted by molar-refractivity contribution is 0.150. The van der Waals surface area contributed by atoms with Crippen molar-refractivity contribution in [2.75, 3.05) is 26.1 Å². The third-order valence-electron chi connectivity index (χ3n) is 3.44. The second kappa shape index (κ2) is 6.57. The van der Waals surface area contributed by atoms with Crippen LogP contribution in [0.3, 0.4) is 0 Å². The van der Waals surface area contributed by atoms with Crippen molar-refractivity contribution in [2.24, 2.45) is 0 Å². The van der Waals surface area contributed by atoms with E-state index in [9.17, 15) is 8.78 Å². The van der Waals surface area contributed by atoms with E-state index >= 15 is 0 Å². The van der Waals surface area contributed by atoms with Crippen LogP contribution in [0.5, 0.6) is 5.75 Å². The van der Waals surface area contributed by atoms with Gasteiger partial charge in [-0.1, -0.05) is 24.3 Å². The Morgan fingerprint density at radius 1 is 1.05 bits per heavy atom. The molecule has 0 aliphatic rings. The van der Waals surface area contributed by atoms with E-state index in [0.29, 0.717) is 12.0 Å². The number of benzene rings is 2. The minimum atomic E-state index is -2.47. The lowest BCUT2D eigenvalue weighted by atomic mass is 9.97. The van der Waals surface area contributed by atoms with Gasteiger partial charge in [-0.2, -0.15) is 0 Å². The molecule has 0 radical (unpaired) electrons. The van der Waals surface area contributed by atoms with Crippen LogP contribution in [0.25, 0.3) is 0 Å². The van der Waals surface area contributed by atoms with Crippen molar-refractivity contribution in [3.63, 3.8) is 0 Å². The largest absolute Gasteiger partial charge is 0.497 e. The molecule has 0 aromatic heterocycles. The molecule has 0 saturated carbocycles. The average molecular weight is 291 g/mol. The first-order chi connectivity index (χ1) is 10.0. The van der Waals surface area contributed by atoms with Crippen LogP contribution in [0.2, 0.25) is 0 Å². The summed E-state index contributed by atoms with van der Waals surface area (Å²) >= 11 is 0. The molecular formula is C17H19F2NO. The lowest BCUT2D eigenvalue weighted by Gasteiger charge is -2.20. The summed E-state index contributed by atoms with van der Waals surface area (Å²) in [5, 5.41) is 0. The summed E-state index contributed by atoms with van der Waals surface area (Å²) < 4.78 is 31.6. The summed E-state index contributed by atoms with van der Waals surface area (Å²) in [7, 11) is 5.33. The predicted octanol–water partition coefficient (Wildman–Crippen LogP) is 4.29. The Labute approximate surface area is 124 Å². The third-order valence-corrected chi connectivity index (χ3v) is 3.44. The van der Waals surface area contributed by atoms with Crippen molar-refractivity contribution in [3.8, 4) is 5.75 Å². The number of nitrogens with zero attached hydrogens (tertiary/aromatic N) is 1. The number of rotatable bonds is 5. The van der Waals surface area contributed by atoms with Gasteiger partial charge in [0.05, 0.1) is 7.11 Å². The van der Waals surface area contributed by atoms with E-state index in [0.717, 1.165) is 17.0 Å². The van der Waals surface area contributed by atoms with Crippen LogP contribution in [0.1, 0.15) is 23.1 Å². The molecule has 2 aromatic carbocycles. The molecule has 0 atom stereocenters. The summed E-state index contributed by atoms with van der Waals surface area (Å²) in [6.45, 7) is 0. The topological polar surface area (TPSA) is 12.5 Å². The molecule has 0 fully saturated rings. The molecule has 0 saturated heterocycles. The molecule has 0 heterocycles. The Balaban J connectivity index is 2.40. The normalized spacial score (nSPS) is 10.8. The van der Waals surface area contributed by atoms with Crippen LogP contribution in [0.4, 0.5) is 14.5 Å². The van der Waals surface area contributed by atoms with Crippen LogP contribution in [0, 0.1) is 0 Å². The zero-order valence-electron chi connectivity index (χ0n) is 12.4. The van der Waals surface area contributed by atoms with Gasteiger partial charge in [0.15, 0.2) is 0 Å². The second-order valence-electron chi connectivity index (χ2n) is 5.06. The van der Waals surface area contributed by atoms with Gasteiger partial charge in [-0.05, 0) is 35.7 Å². The van der Waals surface area contributed by atoms with Crippen molar-refractivity contribution in [3.05, 3.63) is 59.2 Å². The van der Waals surface area contributed by atoms with Crippen molar-refractivity contribution in [1.82, 2.24) is 0 Å². The van der Waals surface area contributed by atoms with Gasteiger partial charge in [0, 0.05) is 25.3 Å². The Bertz CT molecular complexity index is 568. The molecule has 0 spiro atoms. The maximum absolute atomic E-state index is 13.3. The van der Waals surface area contributed by atoms with Crippen LogP contribution in [-0.2, 0) is 6.42 Å². The van der Waals surface area contributed by atoms with E-state index in [1.807, 2.05) is 49.3 Å². The molecule has 0 aliphatic carbocycles. The summed E-state index contributed by atoms with van der Waals surface area (Å²) in [5.74, 6) is 0.758. The predicted molar refractivity (Wildman–Crippen MR) is 81.5 cm³/mol. The Hall–Kier alpha value is -2.10. The van der Waals surface area contributed by atoms with Crippen molar-refractivity contribution < 1.29 is 13.5 Å². The Kier molecular flexibility index (Phi) is 4.78. The fourth-order valence-corrected chi connectivity index (χ4v) is 2.36. The standard InChI is InChI=1S/C17H19F2NO/c1-20(2)16-6-4-5-14(17(18)19)15(16)11-12-7-9-13(21-3)10-8-12/h4-10,17H,11H2,1-3H3. The number of methoxy groups -OCH3 is 1. The van der Waals surface area contributed by atoms with E-state index in [1.54, 1.807) is 13.2 Å². The molecule has 0 N–H and O–H groups in total. The summed E-state index contributed by atoms with van der Waals surface area (Å²) in [6, 6.07) is 12.5. The monoisotopic (exact) mass is 291 g/mol. The highest BCUT2D eigenvalue weighted by Crippen LogP contribution is 2.32. The summed E-state index contributed by atoms with van der Waals surface area (Å²) in [5.41, 5.74) is 2.57. The number of halogens is 2. The number of alkyl halides is 2. The number of hydrogen-bond donors (Lipinski definition) is 0. The van der Waals surface area contributed by atoms with Gasteiger partial charge in [-0.25, -0.2) is 8.78 Å². The van der Waals surface area contributed by atoms with E-state index in [-0.39, 0.29) is 5.56 Å². The van der Waals surface area contributed by atoms with E-state index < -0.39 is 6.43 Å². The quantitative estimate of drug-likeness (QED) is 0.815. The zero-order chi connectivity index (χ0) is 15.4. The first kappa shape index (κ1) is 15.3. The Morgan fingerprint density at radius 3 is 2.24 bits per heavy atom. The van der Waals surface area contributed by atoms with Crippen LogP contribution in [0.15, 0.2) is 42.5 Å². The molecule has 2 nitrogen and oxygen atoms in total. The van der Waals surface area contributed by atoms with Gasteiger partial charge >= 0.3 is 0 Å². The summed E-state index contributed by atoms with van der Waals surface area (Å²) in [4.78, 5) is 1.87. The molecule has 0 amide bonds. The van der Waals surface area contributed by atoms with Crippen LogP contribution < -0.4 is 9.64 Å². The number of anilines is 1. The van der Waals surface area contributed by atoms with Crippen molar-refractivity contribution in [2.45, 2.75) is 12.8 Å². The first-order valence-electron chi connectivity index (χ1n) is 6.73. The molecule has 0 bridgehead atoms. The van der Waals surface area contributed by atoms with Gasteiger partial charge in [0.25, 0.3) is 6.43 Å². The highest BCUT2D eigenvalue weighted by Gasteiger charge is 2.17. The minimum Gasteiger partial charge on any atom is -0.497 e.